The zero-order valence-electron chi connectivity index (χ0n) is 14.4. The molecule has 0 saturated carbocycles. The van der Waals surface area contributed by atoms with Gasteiger partial charge in [0.05, 0.1) is 0 Å². The van der Waals surface area contributed by atoms with Crippen LogP contribution in [0.15, 0.2) is 36.9 Å². The van der Waals surface area contributed by atoms with Crippen LogP contribution in [0.5, 0.6) is 5.75 Å². The van der Waals surface area contributed by atoms with E-state index in [4.69, 9.17) is 9.47 Å². The van der Waals surface area contributed by atoms with E-state index in [9.17, 15) is 14.9 Å². The van der Waals surface area contributed by atoms with Crippen LogP contribution in [0.2, 0.25) is 0 Å². The third-order valence-corrected chi connectivity index (χ3v) is 3.09. The molecule has 0 heterocycles. The topological polar surface area (TPSA) is 90.7 Å². The van der Waals surface area contributed by atoms with Crippen LogP contribution in [-0.2, 0) is 4.74 Å². The lowest BCUT2D eigenvalue weighted by Crippen LogP contribution is -2.41. The van der Waals surface area contributed by atoms with Crippen molar-refractivity contribution in [2.75, 3.05) is 6.61 Å². The van der Waals surface area contributed by atoms with E-state index in [1.54, 1.807) is 51.1 Å². The van der Waals surface area contributed by atoms with Gasteiger partial charge in [-0.05, 0) is 38.5 Å². The number of carbonyl (C=O) groups is 1. The molecule has 0 fully saturated rings. The summed E-state index contributed by atoms with van der Waals surface area (Å²) in [4.78, 5) is 22.7. The first-order chi connectivity index (χ1) is 11.1. The minimum atomic E-state index is -1.02. The molecule has 0 aliphatic heterocycles. The van der Waals surface area contributed by atoms with Gasteiger partial charge >= 0.3 is 6.09 Å². The van der Waals surface area contributed by atoms with Crippen LogP contribution in [0.1, 0.15) is 39.3 Å². The molecule has 0 saturated heterocycles. The second kappa shape index (κ2) is 8.33. The number of ether oxygens (including phenoxy) is 2. The van der Waals surface area contributed by atoms with Gasteiger partial charge in [0.2, 0.25) is 6.04 Å². The summed E-state index contributed by atoms with van der Waals surface area (Å²) in [5.41, 5.74) is -0.0921. The minimum Gasteiger partial charge on any atom is -0.490 e. The predicted molar refractivity (Wildman–Crippen MR) is 90.7 cm³/mol. The third kappa shape index (κ3) is 6.28. The molecule has 0 aromatic heterocycles. The van der Waals surface area contributed by atoms with E-state index < -0.39 is 28.7 Å². The van der Waals surface area contributed by atoms with E-state index in [1.807, 2.05) is 0 Å². The maximum Gasteiger partial charge on any atom is 0.408 e. The monoisotopic (exact) mass is 336 g/mol. The Bertz CT molecular complexity index is 578. The molecule has 7 nitrogen and oxygen atoms in total. The van der Waals surface area contributed by atoms with E-state index in [2.05, 4.69) is 11.9 Å². The van der Waals surface area contributed by atoms with Crippen molar-refractivity contribution in [1.82, 2.24) is 5.32 Å². The molecule has 1 aromatic rings. The normalized spacial score (nSPS) is 13.5. The number of amides is 1. The Morgan fingerprint density at radius 2 is 1.96 bits per heavy atom. The van der Waals surface area contributed by atoms with Crippen LogP contribution in [0, 0.1) is 10.1 Å². The number of hydrogen-bond donors (Lipinski definition) is 1. The van der Waals surface area contributed by atoms with E-state index in [-0.39, 0.29) is 0 Å². The summed E-state index contributed by atoms with van der Waals surface area (Å²) < 4.78 is 10.6. The van der Waals surface area contributed by atoms with Crippen LogP contribution < -0.4 is 10.1 Å². The lowest BCUT2D eigenvalue weighted by molar-refractivity contribution is -0.523. The number of benzene rings is 1. The smallest absolute Gasteiger partial charge is 0.408 e. The van der Waals surface area contributed by atoms with Crippen molar-refractivity contribution in [2.24, 2.45) is 0 Å². The van der Waals surface area contributed by atoms with Gasteiger partial charge in [0.1, 0.15) is 24.0 Å². The highest BCUT2D eigenvalue weighted by Gasteiger charge is 2.31. The molecule has 0 aliphatic carbocycles. The van der Waals surface area contributed by atoms with Crippen molar-refractivity contribution in [3.05, 3.63) is 52.6 Å². The maximum absolute atomic E-state index is 12.0. The largest absolute Gasteiger partial charge is 0.490 e. The highest BCUT2D eigenvalue weighted by Crippen LogP contribution is 2.23. The Hall–Kier alpha value is -2.57. The Morgan fingerprint density at radius 1 is 1.38 bits per heavy atom. The van der Waals surface area contributed by atoms with E-state index in [0.29, 0.717) is 17.9 Å². The average molecular weight is 336 g/mol. The van der Waals surface area contributed by atoms with Gasteiger partial charge in [0.25, 0.3) is 0 Å². The van der Waals surface area contributed by atoms with Crippen LogP contribution in [0.25, 0.3) is 0 Å². The molecule has 1 rings (SSSR count). The molecular formula is C17H24N2O5. The molecule has 2 atom stereocenters. The predicted octanol–water partition coefficient (Wildman–Crippen LogP) is 3.48. The number of hydrogen-bond acceptors (Lipinski definition) is 5. The minimum absolute atomic E-state index is 0.365. The number of alkyl carbamates (subject to hydrolysis) is 1. The summed E-state index contributed by atoms with van der Waals surface area (Å²) in [5, 5.41) is 13.7. The van der Waals surface area contributed by atoms with Crippen LogP contribution in [0.3, 0.4) is 0 Å². The molecule has 0 bridgehead atoms. The molecule has 1 aromatic carbocycles. The molecule has 24 heavy (non-hydrogen) atoms. The second-order valence-corrected chi connectivity index (χ2v) is 6.32. The summed E-state index contributed by atoms with van der Waals surface area (Å²) >= 11 is 0. The zero-order valence-corrected chi connectivity index (χ0v) is 14.4. The van der Waals surface area contributed by atoms with Gasteiger partial charge in [-0.2, -0.15) is 0 Å². The van der Waals surface area contributed by atoms with Crippen LogP contribution in [0.4, 0.5) is 4.79 Å². The van der Waals surface area contributed by atoms with Gasteiger partial charge in [-0.25, -0.2) is 4.79 Å². The summed E-state index contributed by atoms with van der Waals surface area (Å²) in [6.07, 6.45) is 0.920. The first-order valence-corrected chi connectivity index (χ1v) is 7.60. The van der Waals surface area contributed by atoms with Gasteiger partial charge in [0.15, 0.2) is 0 Å². The third-order valence-electron chi connectivity index (χ3n) is 3.09. The molecule has 0 aliphatic rings. The van der Waals surface area contributed by atoms with Crippen LogP contribution >= 0.6 is 0 Å². The van der Waals surface area contributed by atoms with Crippen LogP contribution in [-0.4, -0.2) is 29.3 Å². The van der Waals surface area contributed by atoms with Gasteiger partial charge in [-0.1, -0.05) is 24.8 Å². The highest BCUT2D eigenvalue weighted by atomic mass is 16.6. The highest BCUT2D eigenvalue weighted by molar-refractivity contribution is 5.68. The molecule has 0 unspecified atom stereocenters. The summed E-state index contributed by atoms with van der Waals surface area (Å²) in [5.74, 6) is 0.614. The Kier molecular flexibility index (Phi) is 6.76. The molecule has 0 radical (unpaired) electrons. The van der Waals surface area contributed by atoms with Gasteiger partial charge in [0, 0.05) is 11.8 Å². The molecule has 132 valence electrons. The summed E-state index contributed by atoms with van der Waals surface area (Å²) in [6, 6.07) is 4.91. The standard InChI is InChI=1S/C17H24N2O5/c1-6-11-23-14-9-7-13(8-10-14)15(12(2)19(21)22)18-16(20)24-17(3,4)5/h6-10,12,15H,1,11H2,2-5H3,(H,18,20)/t12-,15-/m0/s1. The number of nitrogens with one attached hydrogen (secondary N) is 1. The van der Waals surface area contributed by atoms with E-state index in [1.165, 1.54) is 6.92 Å². The Balaban J connectivity index is 2.95. The quantitative estimate of drug-likeness (QED) is 0.467. The van der Waals surface area contributed by atoms with Crippen molar-refractivity contribution >= 4 is 6.09 Å². The van der Waals surface area contributed by atoms with Crippen molar-refractivity contribution in [2.45, 2.75) is 45.4 Å². The number of nitrogens with zero attached hydrogens (tertiary/aromatic N) is 1. The van der Waals surface area contributed by atoms with Gasteiger partial charge < -0.3 is 14.8 Å². The molecule has 7 heteroatoms. The number of nitro groups is 1. The van der Waals surface area contributed by atoms with Crippen molar-refractivity contribution in [3.8, 4) is 5.75 Å². The first kappa shape index (κ1) is 19.5. The molecule has 0 spiro atoms. The fourth-order valence-electron chi connectivity index (χ4n) is 1.97. The first-order valence-electron chi connectivity index (χ1n) is 7.60. The zero-order chi connectivity index (χ0) is 18.3. The molecule has 1 amide bonds. The lowest BCUT2D eigenvalue weighted by Gasteiger charge is -2.24. The number of carbonyl (C=O) groups excluding carboxylic acids is 1. The molecule has 1 N–H and O–H groups in total. The van der Waals surface area contributed by atoms with E-state index >= 15 is 0 Å². The fourth-order valence-corrected chi connectivity index (χ4v) is 1.97. The van der Waals surface area contributed by atoms with Crippen molar-refractivity contribution in [3.63, 3.8) is 0 Å². The summed E-state index contributed by atoms with van der Waals surface area (Å²) in [7, 11) is 0. The van der Waals surface area contributed by atoms with E-state index in [0.717, 1.165) is 0 Å². The Morgan fingerprint density at radius 3 is 2.42 bits per heavy atom. The average Bonchev–Trinajstić information content (AvgIpc) is 2.48. The maximum atomic E-state index is 12.0. The van der Waals surface area contributed by atoms with Gasteiger partial charge in [-0.3, -0.25) is 10.1 Å². The van der Waals surface area contributed by atoms with Gasteiger partial charge in [-0.15, -0.1) is 0 Å². The van der Waals surface area contributed by atoms with Crippen molar-refractivity contribution < 1.29 is 19.2 Å². The SMILES string of the molecule is C=CCOc1ccc([C@@H](NC(=O)OC(C)(C)C)[C@H](C)[N+](=O)[O-])cc1. The lowest BCUT2D eigenvalue weighted by atomic mass is 10.0. The molecular weight excluding hydrogens is 312 g/mol. The fraction of sp³-hybridized carbons (Fsp3) is 0.471. The second-order valence-electron chi connectivity index (χ2n) is 6.32. The van der Waals surface area contributed by atoms with Crippen molar-refractivity contribution in [1.29, 1.82) is 0 Å². The summed E-state index contributed by atoms with van der Waals surface area (Å²) in [6.45, 7) is 10.5. The number of rotatable bonds is 7. The Labute approximate surface area is 141 Å².